The van der Waals surface area contributed by atoms with Crippen molar-refractivity contribution in [3.8, 4) is 6.07 Å². The fourth-order valence-electron chi connectivity index (χ4n) is 2.97. The van der Waals surface area contributed by atoms with Gasteiger partial charge in [0.05, 0.1) is 38.1 Å². The lowest BCUT2D eigenvalue weighted by molar-refractivity contribution is 0.00261. The van der Waals surface area contributed by atoms with Crippen LogP contribution in [0.4, 0.5) is 4.39 Å². The van der Waals surface area contributed by atoms with Crippen molar-refractivity contribution in [2.24, 2.45) is 0 Å². The number of rotatable bonds is 5. The summed E-state index contributed by atoms with van der Waals surface area (Å²) in [6.07, 6.45) is 0. The second-order valence-electron chi connectivity index (χ2n) is 6.30. The molecule has 4 atom stereocenters. The minimum atomic E-state index is -1.92. The molecule has 1 aliphatic heterocycles. The number of nitriles is 1. The molecule has 1 fully saturated rings. The first-order valence-corrected chi connectivity index (χ1v) is 10.9. The van der Waals surface area contributed by atoms with E-state index in [4.69, 9.17) is 16.9 Å². The molecule has 3 unspecified atom stereocenters. The summed E-state index contributed by atoms with van der Waals surface area (Å²) in [5.74, 6) is -0.824. The van der Waals surface area contributed by atoms with E-state index in [0.29, 0.717) is 4.90 Å². The fourth-order valence-corrected chi connectivity index (χ4v) is 6.35. The maximum absolute atomic E-state index is 13.9. The zero-order valence-electron chi connectivity index (χ0n) is 14.4. The second-order valence-corrected chi connectivity index (χ2v) is 9.80. The number of halogens is 2. The van der Waals surface area contributed by atoms with Crippen LogP contribution in [-0.4, -0.2) is 53.5 Å². The fraction of sp³-hybridized carbons (Fsp3) is 0.278. The Morgan fingerprint density at radius 3 is 2.64 bits per heavy atom. The summed E-state index contributed by atoms with van der Waals surface area (Å²) in [5, 5.41) is 28.6. The summed E-state index contributed by atoms with van der Waals surface area (Å²) in [6.45, 7) is -0.974. The molecule has 28 heavy (non-hydrogen) atoms. The van der Waals surface area contributed by atoms with E-state index in [9.17, 15) is 23.0 Å². The highest BCUT2D eigenvalue weighted by Crippen LogP contribution is 2.33. The molecule has 0 amide bonds. The molecule has 10 heteroatoms. The van der Waals surface area contributed by atoms with Crippen molar-refractivity contribution >= 4 is 33.4 Å². The number of hydrogen-bond donors (Lipinski definition) is 2. The van der Waals surface area contributed by atoms with Gasteiger partial charge in [0, 0.05) is 18.0 Å². The zero-order valence-corrected chi connectivity index (χ0v) is 16.8. The molecule has 1 heterocycles. The maximum atomic E-state index is 13.9. The third-order valence-corrected chi connectivity index (χ3v) is 8.25. The molecule has 2 N–H and O–H groups in total. The summed E-state index contributed by atoms with van der Waals surface area (Å²) in [6, 6.07) is 11.7. The monoisotopic (exact) mass is 442 g/mol. The summed E-state index contributed by atoms with van der Waals surface area (Å²) in [4.78, 5) is 0.402. The highest BCUT2D eigenvalue weighted by Gasteiger charge is 2.50. The van der Waals surface area contributed by atoms with E-state index in [1.165, 1.54) is 16.4 Å². The number of aliphatic hydroxyl groups is 2. The van der Waals surface area contributed by atoms with E-state index in [0.717, 1.165) is 6.07 Å². The Labute approximate surface area is 171 Å². The largest absolute Gasteiger partial charge is 0.393 e. The first-order chi connectivity index (χ1) is 13.3. The minimum absolute atomic E-state index is 0.0663. The lowest BCUT2D eigenvalue weighted by Gasteiger charge is -2.26. The number of nitrogens with zero attached hydrogens (tertiary/aromatic N) is 2. The molecule has 0 aliphatic carbocycles. The van der Waals surface area contributed by atoms with E-state index in [1.54, 1.807) is 30.3 Å². The molecule has 2 aromatic carbocycles. The van der Waals surface area contributed by atoms with Crippen LogP contribution in [0, 0.1) is 17.1 Å². The molecule has 2 aromatic rings. The van der Waals surface area contributed by atoms with Crippen LogP contribution in [0.25, 0.3) is 0 Å². The van der Waals surface area contributed by atoms with Crippen molar-refractivity contribution < 1.29 is 23.0 Å². The van der Waals surface area contributed by atoms with Gasteiger partial charge in [-0.3, -0.25) is 4.21 Å². The Morgan fingerprint density at radius 1 is 1.32 bits per heavy atom. The average molecular weight is 443 g/mol. The summed E-state index contributed by atoms with van der Waals surface area (Å²) >= 11 is 6.08. The summed E-state index contributed by atoms with van der Waals surface area (Å²) in [7, 11) is -3.66. The van der Waals surface area contributed by atoms with Crippen molar-refractivity contribution in [3.05, 3.63) is 58.9 Å². The summed E-state index contributed by atoms with van der Waals surface area (Å²) < 4.78 is 41.1. The third kappa shape index (κ3) is 3.89. The molecule has 3 rings (SSSR count). The van der Waals surface area contributed by atoms with Crippen molar-refractivity contribution in [2.75, 3.05) is 19.7 Å². The van der Waals surface area contributed by atoms with E-state index >= 15 is 0 Å². The standard InChI is InChI=1S/C18H16ClFN2O4S2/c19-14-3-1-2-4-16(14)28(26)22-9-17(18(24,10-22)11-23)27(25)13-6-5-12(8-21)15(20)7-13/h1-7,17,23-24H,9-11H2/t17-,18?,27?,28?/m0/s1. The van der Waals surface area contributed by atoms with Gasteiger partial charge in [0.2, 0.25) is 0 Å². The van der Waals surface area contributed by atoms with Crippen molar-refractivity contribution in [1.29, 1.82) is 5.26 Å². The Balaban J connectivity index is 1.90. The van der Waals surface area contributed by atoms with Gasteiger partial charge in [0.25, 0.3) is 0 Å². The Morgan fingerprint density at radius 2 is 2.04 bits per heavy atom. The van der Waals surface area contributed by atoms with Crippen LogP contribution in [0.1, 0.15) is 5.56 Å². The Kier molecular flexibility index (Phi) is 6.29. The van der Waals surface area contributed by atoms with E-state index in [-0.39, 0.29) is 28.6 Å². The van der Waals surface area contributed by atoms with Gasteiger partial charge >= 0.3 is 0 Å². The SMILES string of the molecule is N#Cc1ccc(S(=O)[C@H]2CN(S(=O)c3ccccc3Cl)CC2(O)CO)cc1F. The normalized spacial score (nSPS) is 24.6. The van der Waals surface area contributed by atoms with Gasteiger partial charge in [0.1, 0.15) is 28.5 Å². The summed E-state index contributed by atoms with van der Waals surface area (Å²) in [5.41, 5.74) is -1.99. The number of β-amino-alcohol motifs (C(OH)–C–C–N with tert-alkyl or cyclic N) is 1. The van der Waals surface area contributed by atoms with Crippen molar-refractivity contribution in [1.82, 2.24) is 4.31 Å². The van der Waals surface area contributed by atoms with Gasteiger partial charge in [0.15, 0.2) is 0 Å². The lowest BCUT2D eigenvalue weighted by atomic mass is 10.1. The lowest BCUT2D eigenvalue weighted by Crippen LogP contribution is -2.47. The van der Waals surface area contributed by atoms with Gasteiger partial charge in [-0.2, -0.15) is 5.26 Å². The molecular weight excluding hydrogens is 427 g/mol. The predicted octanol–water partition coefficient (Wildman–Crippen LogP) is 1.59. The van der Waals surface area contributed by atoms with E-state index in [1.807, 2.05) is 0 Å². The van der Waals surface area contributed by atoms with Crippen molar-refractivity contribution in [2.45, 2.75) is 20.6 Å². The smallest absolute Gasteiger partial charge is 0.142 e. The topological polar surface area (TPSA) is 102 Å². The Hall–Kier alpha value is -1.67. The van der Waals surface area contributed by atoms with Crippen LogP contribution in [-0.2, 0) is 21.8 Å². The average Bonchev–Trinajstić information content (AvgIpc) is 3.05. The quantitative estimate of drug-likeness (QED) is 0.732. The molecule has 0 saturated carbocycles. The van der Waals surface area contributed by atoms with Crippen LogP contribution in [0.3, 0.4) is 0 Å². The van der Waals surface area contributed by atoms with Gasteiger partial charge in [-0.05, 0) is 30.3 Å². The molecule has 0 bridgehead atoms. The molecular formula is C18H16ClFN2O4S2. The maximum Gasteiger partial charge on any atom is 0.142 e. The number of hydrogen-bond acceptors (Lipinski definition) is 5. The molecule has 1 saturated heterocycles. The zero-order chi connectivity index (χ0) is 20.5. The molecule has 6 nitrogen and oxygen atoms in total. The van der Waals surface area contributed by atoms with E-state index in [2.05, 4.69) is 0 Å². The minimum Gasteiger partial charge on any atom is -0.393 e. The van der Waals surface area contributed by atoms with Crippen LogP contribution in [0.2, 0.25) is 5.02 Å². The third-order valence-electron chi connectivity index (χ3n) is 4.50. The second kappa shape index (κ2) is 8.37. The van der Waals surface area contributed by atoms with Crippen LogP contribution < -0.4 is 0 Å². The van der Waals surface area contributed by atoms with Gasteiger partial charge in [-0.15, -0.1) is 0 Å². The molecule has 0 spiro atoms. The van der Waals surface area contributed by atoms with Crippen LogP contribution >= 0.6 is 11.6 Å². The molecule has 0 radical (unpaired) electrons. The van der Waals surface area contributed by atoms with E-state index < -0.39 is 45.1 Å². The Bertz CT molecular complexity index is 1000. The predicted molar refractivity (Wildman–Crippen MR) is 103 cm³/mol. The van der Waals surface area contributed by atoms with Gasteiger partial charge < -0.3 is 10.2 Å². The highest BCUT2D eigenvalue weighted by molar-refractivity contribution is 7.86. The first-order valence-electron chi connectivity index (χ1n) is 8.15. The van der Waals surface area contributed by atoms with Crippen molar-refractivity contribution in [3.63, 3.8) is 0 Å². The van der Waals surface area contributed by atoms with Gasteiger partial charge in [-0.25, -0.2) is 12.9 Å². The highest BCUT2D eigenvalue weighted by atomic mass is 35.5. The van der Waals surface area contributed by atoms with Gasteiger partial charge in [-0.1, -0.05) is 23.7 Å². The molecule has 1 aliphatic rings. The van der Waals surface area contributed by atoms with Crippen LogP contribution in [0.5, 0.6) is 0 Å². The number of aliphatic hydroxyl groups excluding tert-OH is 1. The molecule has 0 aromatic heterocycles. The van der Waals surface area contributed by atoms with Crippen LogP contribution in [0.15, 0.2) is 52.3 Å². The first kappa shape index (κ1) is 21.0. The number of benzene rings is 2. The molecule has 148 valence electrons.